The number of ether oxygens (including phenoxy) is 1. The molecule has 0 spiro atoms. The predicted octanol–water partition coefficient (Wildman–Crippen LogP) is 8.10. The van der Waals surface area contributed by atoms with Crippen LogP contribution in [-0.4, -0.2) is 12.2 Å². The van der Waals surface area contributed by atoms with Crippen LogP contribution in [0.2, 0.25) is 0 Å². The first-order valence-corrected chi connectivity index (χ1v) is 12.6. The van der Waals surface area contributed by atoms with E-state index in [9.17, 15) is 0 Å². The minimum Gasteiger partial charge on any atom is -0.349 e. The van der Waals surface area contributed by atoms with Crippen LogP contribution in [-0.2, 0) is 17.6 Å². The number of hydrogen-bond donors (Lipinski definition) is 0. The van der Waals surface area contributed by atoms with Gasteiger partial charge in [-0.3, -0.25) is 0 Å². The normalized spacial score (nSPS) is 12.9. The van der Waals surface area contributed by atoms with Gasteiger partial charge in [0, 0.05) is 12.8 Å². The van der Waals surface area contributed by atoms with Gasteiger partial charge in [-0.05, 0) is 66.3 Å². The van der Waals surface area contributed by atoms with Crippen LogP contribution in [0.4, 0.5) is 0 Å². The number of hydrogen-bond acceptors (Lipinski definition) is 1. The van der Waals surface area contributed by atoms with Gasteiger partial charge in [-0.2, -0.15) is 0 Å². The zero-order valence-corrected chi connectivity index (χ0v) is 20.5. The van der Waals surface area contributed by atoms with Gasteiger partial charge in [0.05, 0.1) is 0 Å². The van der Waals surface area contributed by atoms with E-state index in [2.05, 4.69) is 121 Å². The first-order chi connectivity index (χ1) is 18.2. The number of rotatable bonds is 6. The summed E-state index contributed by atoms with van der Waals surface area (Å²) in [5, 5.41) is 9.57. The van der Waals surface area contributed by atoms with E-state index < -0.39 is 12.2 Å². The van der Waals surface area contributed by atoms with Crippen molar-refractivity contribution in [3.8, 4) is 24.7 Å². The molecule has 0 aliphatic carbocycles. The Morgan fingerprint density at radius 3 is 1.08 bits per heavy atom. The molecule has 1 nitrogen and oxygen atoms in total. The fraction of sp³-hybridized carbons (Fsp3) is 0.111. The van der Waals surface area contributed by atoms with E-state index in [4.69, 9.17) is 17.6 Å². The molecule has 0 radical (unpaired) electrons. The summed E-state index contributed by atoms with van der Waals surface area (Å²) in [5.41, 5.74) is 2.39. The molecule has 0 fully saturated rings. The van der Waals surface area contributed by atoms with Gasteiger partial charge in [0.15, 0.2) is 0 Å². The molecule has 0 heterocycles. The van der Waals surface area contributed by atoms with Crippen molar-refractivity contribution in [2.45, 2.75) is 25.0 Å². The van der Waals surface area contributed by atoms with Crippen molar-refractivity contribution < 1.29 is 4.74 Å². The first-order valence-electron chi connectivity index (χ1n) is 12.6. The standard InChI is InChI=1S/C36H26O/c1-3-29(23-35-31-17-9-5-13-25(31)21-26-14-6-10-18-32(26)35)37-30(4-2)24-36-33-19-11-7-15-27(33)22-28-16-8-12-20-34(28)36/h1-2,5-22,29-30H,23-24H2. The molecule has 176 valence electrons. The molecule has 2 unspecified atom stereocenters. The van der Waals surface area contributed by atoms with E-state index in [1.807, 2.05) is 0 Å². The zero-order chi connectivity index (χ0) is 25.2. The Balaban J connectivity index is 1.36. The summed E-state index contributed by atoms with van der Waals surface area (Å²) >= 11 is 0. The number of fused-ring (bicyclic) bond motifs is 4. The second-order valence-electron chi connectivity index (χ2n) is 9.45. The van der Waals surface area contributed by atoms with Gasteiger partial charge in [0.1, 0.15) is 12.2 Å². The van der Waals surface area contributed by atoms with Gasteiger partial charge < -0.3 is 4.74 Å². The van der Waals surface area contributed by atoms with E-state index in [0.29, 0.717) is 12.8 Å². The molecule has 0 N–H and O–H groups in total. The van der Waals surface area contributed by atoms with E-state index in [1.54, 1.807) is 0 Å². The summed E-state index contributed by atoms with van der Waals surface area (Å²) < 4.78 is 6.48. The summed E-state index contributed by atoms with van der Waals surface area (Å²) in [6.45, 7) is 0. The highest BCUT2D eigenvalue weighted by Crippen LogP contribution is 2.32. The Hall–Kier alpha value is -4.56. The van der Waals surface area contributed by atoms with Crippen molar-refractivity contribution in [2.24, 2.45) is 0 Å². The molecule has 0 aliphatic rings. The molecule has 6 aromatic rings. The number of terminal acetylenes is 2. The lowest BCUT2D eigenvalue weighted by Gasteiger charge is -2.21. The van der Waals surface area contributed by atoms with Gasteiger partial charge in [-0.25, -0.2) is 0 Å². The second-order valence-corrected chi connectivity index (χ2v) is 9.45. The maximum Gasteiger partial charge on any atom is 0.123 e. The van der Waals surface area contributed by atoms with Crippen LogP contribution in [0.25, 0.3) is 43.1 Å². The molecule has 1 heteroatoms. The maximum atomic E-state index is 6.48. The van der Waals surface area contributed by atoms with E-state index in [-0.39, 0.29) is 0 Å². The summed E-state index contributed by atoms with van der Waals surface area (Å²) in [5.74, 6) is 5.77. The van der Waals surface area contributed by atoms with E-state index in [0.717, 1.165) is 0 Å². The molecular formula is C36H26O. The monoisotopic (exact) mass is 474 g/mol. The Bertz CT molecular complexity index is 1600. The second kappa shape index (κ2) is 9.83. The van der Waals surface area contributed by atoms with Crippen molar-refractivity contribution in [1.29, 1.82) is 0 Å². The van der Waals surface area contributed by atoms with E-state index >= 15 is 0 Å². The average molecular weight is 475 g/mol. The van der Waals surface area contributed by atoms with Crippen LogP contribution in [0.15, 0.2) is 109 Å². The molecular weight excluding hydrogens is 448 g/mol. The summed E-state index contributed by atoms with van der Waals surface area (Å²) in [4.78, 5) is 0. The van der Waals surface area contributed by atoms with Gasteiger partial charge in [-0.15, -0.1) is 12.8 Å². The highest BCUT2D eigenvalue weighted by molar-refractivity contribution is 6.03. The van der Waals surface area contributed by atoms with Crippen LogP contribution in [0, 0.1) is 24.7 Å². The molecule has 6 aromatic carbocycles. The predicted molar refractivity (Wildman–Crippen MR) is 157 cm³/mol. The minimum absolute atomic E-state index is 0.448. The van der Waals surface area contributed by atoms with Crippen molar-refractivity contribution in [3.05, 3.63) is 120 Å². The van der Waals surface area contributed by atoms with E-state index in [1.165, 1.54) is 54.2 Å². The molecule has 37 heavy (non-hydrogen) atoms. The summed E-state index contributed by atoms with van der Waals surface area (Å²) in [6.07, 6.45) is 12.4. The third kappa shape index (κ3) is 4.32. The fourth-order valence-electron chi connectivity index (χ4n) is 5.52. The first kappa shape index (κ1) is 22.9. The molecule has 0 saturated carbocycles. The molecule has 0 saturated heterocycles. The quantitative estimate of drug-likeness (QED) is 0.175. The highest BCUT2D eigenvalue weighted by atomic mass is 16.5. The largest absolute Gasteiger partial charge is 0.349 e. The molecule has 0 aliphatic heterocycles. The maximum absolute atomic E-state index is 6.48. The Morgan fingerprint density at radius 1 is 0.486 bits per heavy atom. The Labute approximate surface area is 217 Å². The molecule has 2 atom stereocenters. The molecule has 6 rings (SSSR count). The van der Waals surface area contributed by atoms with Gasteiger partial charge in [0.25, 0.3) is 0 Å². The third-order valence-corrected chi connectivity index (χ3v) is 7.25. The van der Waals surface area contributed by atoms with Gasteiger partial charge in [-0.1, -0.05) is 109 Å². The van der Waals surface area contributed by atoms with Gasteiger partial charge >= 0.3 is 0 Å². The van der Waals surface area contributed by atoms with Crippen LogP contribution in [0.5, 0.6) is 0 Å². The van der Waals surface area contributed by atoms with Crippen LogP contribution in [0.1, 0.15) is 11.1 Å². The number of benzene rings is 6. The molecule has 0 bridgehead atoms. The van der Waals surface area contributed by atoms with Crippen molar-refractivity contribution in [2.75, 3.05) is 0 Å². The summed E-state index contributed by atoms with van der Waals surface area (Å²) in [6, 6.07) is 38.2. The Kier molecular flexibility index (Phi) is 6.08. The van der Waals surface area contributed by atoms with Crippen molar-refractivity contribution >= 4 is 43.1 Å². The lowest BCUT2D eigenvalue weighted by Crippen LogP contribution is -2.24. The van der Waals surface area contributed by atoms with Crippen molar-refractivity contribution in [1.82, 2.24) is 0 Å². The minimum atomic E-state index is -0.448. The van der Waals surface area contributed by atoms with Gasteiger partial charge in [0.2, 0.25) is 0 Å². The SMILES string of the molecule is C#CC(Cc1c2ccccc2cc2ccccc12)OC(C#C)Cc1c2ccccc2cc2ccccc12. The topological polar surface area (TPSA) is 9.23 Å². The lowest BCUT2D eigenvalue weighted by molar-refractivity contribution is 0.0540. The highest BCUT2D eigenvalue weighted by Gasteiger charge is 2.19. The average Bonchev–Trinajstić information content (AvgIpc) is 2.95. The summed E-state index contributed by atoms with van der Waals surface area (Å²) in [7, 11) is 0. The lowest BCUT2D eigenvalue weighted by atomic mass is 9.92. The molecule has 0 amide bonds. The Morgan fingerprint density at radius 2 is 0.784 bits per heavy atom. The van der Waals surface area contributed by atoms with Crippen LogP contribution in [0.3, 0.4) is 0 Å². The van der Waals surface area contributed by atoms with Crippen LogP contribution < -0.4 is 0 Å². The van der Waals surface area contributed by atoms with Crippen LogP contribution >= 0.6 is 0 Å². The third-order valence-electron chi connectivity index (χ3n) is 7.25. The zero-order valence-electron chi connectivity index (χ0n) is 20.5. The fourth-order valence-corrected chi connectivity index (χ4v) is 5.52. The van der Waals surface area contributed by atoms with Crippen molar-refractivity contribution in [3.63, 3.8) is 0 Å². The molecule has 0 aromatic heterocycles. The smallest absolute Gasteiger partial charge is 0.123 e.